The van der Waals surface area contributed by atoms with Crippen molar-refractivity contribution < 1.29 is 19.0 Å². The molecule has 0 aromatic heterocycles. The molecule has 2 rings (SSSR count). The zero-order valence-corrected chi connectivity index (χ0v) is 15.6. The zero-order valence-electron chi connectivity index (χ0n) is 13.3. The first-order valence-corrected chi connectivity index (χ1v) is 7.98. The summed E-state index contributed by atoms with van der Waals surface area (Å²) in [6.45, 7) is 0. The Hall–Kier alpha value is -2.16. The second kappa shape index (κ2) is 8.09. The summed E-state index contributed by atoms with van der Waals surface area (Å²) in [4.78, 5) is 12.3. The van der Waals surface area contributed by atoms with Crippen LogP contribution in [-0.2, 0) is 0 Å². The van der Waals surface area contributed by atoms with Crippen LogP contribution < -0.4 is 14.2 Å². The van der Waals surface area contributed by atoms with E-state index in [2.05, 4.69) is 27.8 Å². The fraction of sp³-hybridized carbons (Fsp3) is 0.167. The topological polar surface area (TPSA) is 44.8 Å². The van der Waals surface area contributed by atoms with Gasteiger partial charge in [0.25, 0.3) is 0 Å². The molecule has 0 N–H and O–H groups in total. The van der Waals surface area contributed by atoms with Crippen LogP contribution in [0.5, 0.6) is 17.2 Å². The van der Waals surface area contributed by atoms with Crippen molar-refractivity contribution in [1.29, 1.82) is 0 Å². The highest BCUT2D eigenvalue weighted by Gasteiger charge is 2.13. The first-order chi connectivity index (χ1) is 11.5. The maximum atomic E-state index is 12.3. The van der Waals surface area contributed by atoms with E-state index in [1.807, 2.05) is 0 Å². The van der Waals surface area contributed by atoms with Gasteiger partial charge in [0.2, 0.25) is 11.5 Å². The lowest BCUT2D eigenvalue weighted by atomic mass is 10.1. The fourth-order valence-corrected chi connectivity index (χ4v) is 2.59. The number of Topliss-reactive ketones (excluding diaryl/α,β-unsaturated/α-hetero) is 1. The Kier molecular flexibility index (Phi) is 6.13. The molecule has 0 spiro atoms. The van der Waals surface area contributed by atoms with Crippen molar-refractivity contribution in [3.05, 3.63) is 51.0 Å². The summed E-state index contributed by atoms with van der Waals surface area (Å²) < 4.78 is 16.5. The summed E-state index contributed by atoms with van der Waals surface area (Å²) in [7, 11) is 4.55. The number of methoxy groups -OCH3 is 3. The summed E-state index contributed by atoms with van der Waals surface area (Å²) in [5.74, 6) is 6.40. The van der Waals surface area contributed by atoms with Crippen molar-refractivity contribution in [3.8, 4) is 29.1 Å². The number of carbonyl (C=O) groups excluding carboxylic acids is 1. The first kappa shape index (κ1) is 18.2. The Morgan fingerprint density at radius 1 is 1.04 bits per heavy atom. The van der Waals surface area contributed by atoms with Gasteiger partial charge in [-0.3, -0.25) is 4.79 Å². The number of ketones is 1. The molecule has 0 unspecified atom stereocenters. The molecule has 2 aromatic carbocycles. The van der Waals surface area contributed by atoms with Gasteiger partial charge < -0.3 is 14.2 Å². The molecular weight excluding hydrogens is 396 g/mol. The van der Waals surface area contributed by atoms with Gasteiger partial charge >= 0.3 is 0 Å². The van der Waals surface area contributed by atoms with Crippen LogP contribution in [0.1, 0.15) is 15.9 Å². The molecule has 24 heavy (non-hydrogen) atoms. The molecule has 0 heterocycles. The monoisotopic (exact) mass is 408 g/mol. The molecule has 6 heteroatoms. The van der Waals surface area contributed by atoms with Gasteiger partial charge in [0.05, 0.1) is 31.9 Å². The van der Waals surface area contributed by atoms with E-state index in [9.17, 15) is 4.79 Å². The highest BCUT2D eigenvalue weighted by Crippen LogP contribution is 2.37. The van der Waals surface area contributed by atoms with Gasteiger partial charge in [-0.15, -0.1) is 0 Å². The predicted molar refractivity (Wildman–Crippen MR) is 96.5 cm³/mol. The Morgan fingerprint density at radius 3 is 2.21 bits per heavy atom. The van der Waals surface area contributed by atoms with Crippen molar-refractivity contribution in [3.63, 3.8) is 0 Å². The minimum atomic E-state index is -0.380. The molecule has 0 fully saturated rings. The SMILES string of the molecule is COc1cc(C#CC(=O)c2cc(Br)ccc2Cl)cc(OC)c1OC. The average Bonchev–Trinajstić information content (AvgIpc) is 2.60. The Morgan fingerprint density at radius 2 is 1.67 bits per heavy atom. The number of hydrogen-bond donors (Lipinski definition) is 0. The third-order valence-corrected chi connectivity index (χ3v) is 3.98. The van der Waals surface area contributed by atoms with E-state index in [0.717, 1.165) is 4.47 Å². The van der Waals surface area contributed by atoms with Crippen LogP contribution in [-0.4, -0.2) is 27.1 Å². The van der Waals surface area contributed by atoms with E-state index in [0.29, 0.717) is 33.4 Å². The Bertz CT molecular complexity index is 812. The third kappa shape index (κ3) is 4.02. The van der Waals surface area contributed by atoms with E-state index in [1.54, 1.807) is 30.3 Å². The minimum absolute atomic E-state index is 0.339. The van der Waals surface area contributed by atoms with Crippen LogP contribution in [0, 0.1) is 11.8 Å². The predicted octanol–water partition coefficient (Wildman–Crippen LogP) is 4.36. The lowest BCUT2D eigenvalue weighted by molar-refractivity contribution is 0.105. The summed E-state index contributed by atoms with van der Waals surface area (Å²) >= 11 is 9.35. The molecule has 124 valence electrons. The van der Waals surface area contributed by atoms with E-state index >= 15 is 0 Å². The quantitative estimate of drug-likeness (QED) is 0.556. The van der Waals surface area contributed by atoms with Crippen molar-refractivity contribution in [1.82, 2.24) is 0 Å². The Labute approximate surface area is 153 Å². The van der Waals surface area contributed by atoms with Crippen molar-refractivity contribution >= 4 is 33.3 Å². The van der Waals surface area contributed by atoms with Gasteiger partial charge in [0, 0.05) is 10.0 Å². The van der Waals surface area contributed by atoms with Gasteiger partial charge in [0.1, 0.15) is 0 Å². The van der Waals surface area contributed by atoms with E-state index in [1.165, 1.54) is 21.3 Å². The van der Waals surface area contributed by atoms with E-state index < -0.39 is 0 Å². The van der Waals surface area contributed by atoms with Gasteiger partial charge in [0.15, 0.2) is 11.5 Å². The molecule has 0 bridgehead atoms. The fourth-order valence-electron chi connectivity index (χ4n) is 2.02. The Balaban J connectivity index is 2.40. The molecule has 0 aliphatic rings. The molecule has 0 saturated heterocycles. The standard InChI is InChI=1S/C18H14BrClO4/c1-22-16-8-11(9-17(23-2)18(16)24-3)4-7-15(21)13-10-12(19)5-6-14(13)20/h5-6,8-10H,1-3H3. The normalized spacial score (nSPS) is 9.71. The first-order valence-electron chi connectivity index (χ1n) is 6.81. The van der Waals surface area contributed by atoms with Crippen LogP contribution >= 0.6 is 27.5 Å². The summed E-state index contributed by atoms with van der Waals surface area (Å²) in [6.07, 6.45) is 0. The molecule has 0 amide bonds. The molecule has 0 radical (unpaired) electrons. The van der Waals surface area contributed by atoms with E-state index in [-0.39, 0.29) is 5.78 Å². The summed E-state index contributed by atoms with van der Waals surface area (Å²) in [5.41, 5.74) is 0.898. The molecule has 0 saturated carbocycles. The highest BCUT2D eigenvalue weighted by molar-refractivity contribution is 9.10. The van der Waals surface area contributed by atoms with Crippen LogP contribution in [0.15, 0.2) is 34.8 Å². The maximum Gasteiger partial charge on any atom is 0.237 e. The van der Waals surface area contributed by atoms with Crippen LogP contribution in [0.4, 0.5) is 0 Å². The molecule has 0 atom stereocenters. The second-order valence-electron chi connectivity index (χ2n) is 4.62. The molecular formula is C18H14BrClO4. The number of ether oxygens (including phenoxy) is 3. The highest BCUT2D eigenvalue weighted by atomic mass is 79.9. The molecule has 0 aliphatic heterocycles. The summed E-state index contributed by atoms with van der Waals surface area (Å²) in [5, 5.41) is 0.349. The minimum Gasteiger partial charge on any atom is -0.493 e. The maximum absolute atomic E-state index is 12.3. The second-order valence-corrected chi connectivity index (χ2v) is 5.94. The van der Waals surface area contributed by atoms with Crippen molar-refractivity contribution in [2.45, 2.75) is 0 Å². The number of halogens is 2. The number of hydrogen-bond acceptors (Lipinski definition) is 4. The molecule has 4 nitrogen and oxygen atoms in total. The lowest BCUT2D eigenvalue weighted by Gasteiger charge is -2.12. The van der Waals surface area contributed by atoms with Crippen molar-refractivity contribution in [2.75, 3.05) is 21.3 Å². The zero-order chi connectivity index (χ0) is 17.7. The van der Waals surface area contributed by atoms with Crippen molar-refractivity contribution in [2.24, 2.45) is 0 Å². The molecule has 0 aliphatic carbocycles. The van der Waals surface area contributed by atoms with Gasteiger partial charge in [-0.25, -0.2) is 0 Å². The largest absolute Gasteiger partial charge is 0.493 e. The van der Waals surface area contributed by atoms with Crippen LogP contribution in [0.2, 0.25) is 5.02 Å². The van der Waals surface area contributed by atoms with Crippen LogP contribution in [0.25, 0.3) is 0 Å². The lowest BCUT2D eigenvalue weighted by Crippen LogP contribution is -1.97. The molecule has 2 aromatic rings. The summed E-state index contributed by atoms with van der Waals surface area (Å²) in [6, 6.07) is 8.37. The van der Waals surface area contributed by atoms with Gasteiger partial charge in [-0.1, -0.05) is 33.5 Å². The number of rotatable bonds is 4. The average molecular weight is 410 g/mol. The third-order valence-electron chi connectivity index (χ3n) is 3.16. The number of carbonyl (C=O) groups is 1. The smallest absolute Gasteiger partial charge is 0.237 e. The van der Waals surface area contributed by atoms with Gasteiger partial charge in [-0.2, -0.15) is 0 Å². The van der Waals surface area contributed by atoms with E-state index in [4.69, 9.17) is 25.8 Å². The van der Waals surface area contributed by atoms with Gasteiger partial charge in [-0.05, 0) is 36.3 Å². The van der Waals surface area contributed by atoms with Crippen LogP contribution in [0.3, 0.4) is 0 Å². The number of benzene rings is 2.